The molecule has 1 heterocycles. The molecule has 0 aliphatic carbocycles. The van der Waals surface area contributed by atoms with Gasteiger partial charge in [-0.3, -0.25) is 4.98 Å². The van der Waals surface area contributed by atoms with Crippen LogP contribution in [-0.4, -0.2) is 18.1 Å². The van der Waals surface area contributed by atoms with Gasteiger partial charge in [0, 0.05) is 27.2 Å². The third kappa shape index (κ3) is 3.69. The van der Waals surface area contributed by atoms with Crippen LogP contribution in [0.15, 0.2) is 29.9 Å². The lowest BCUT2D eigenvalue weighted by Crippen LogP contribution is -2.29. The minimum absolute atomic E-state index is 0.351. The van der Waals surface area contributed by atoms with Crippen molar-refractivity contribution in [1.82, 2.24) is 10.3 Å². The summed E-state index contributed by atoms with van der Waals surface area (Å²) in [7, 11) is 1.97. The van der Waals surface area contributed by atoms with Gasteiger partial charge in [-0.15, -0.1) is 11.3 Å². The van der Waals surface area contributed by atoms with Gasteiger partial charge >= 0.3 is 0 Å². The number of thiazole rings is 1. The number of likely N-dealkylation sites (N-methyl/N-ethyl adjacent to an activating group) is 1. The van der Waals surface area contributed by atoms with Crippen LogP contribution in [-0.2, 0) is 12.8 Å². The van der Waals surface area contributed by atoms with Gasteiger partial charge in [0.05, 0.1) is 5.51 Å². The highest BCUT2D eigenvalue weighted by Crippen LogP contribution is 2.23. The minimum Gasteiger partial charge on any atom is -0.316 e. The highest BCUT2D eigenvalue weighted by atomic mass is 35.5. The number of hydrogen-bond acceptors (Lipinski definition) is 3. The minimum atomic E-state index is 0.351. The molecule has 0 fully saturated rings. The third-order valence-electron chi connectivity index (χ3n) is 2.82. The average molecular weight is 301 g/mol. The summed E-state index contributed by atoms with van der Waals surface area (Å²) in [5.41, 5.74) is 2.97. The van der Waals surface area contributed by atoms with Gasteiger partial charge in [0.2, 0.25) is 0 Å². The first kappa shape index (κ1) is 13.8. The molecule has 2 aromatic rings. The second kappa shape index (κ2) is 6.53. The fourth-order valence-electron chi connectivity index (χ4n) is 1.81. The lowest BCUT2D eigenvalue weighted by Gasteiger charge is -2.16. The van der Waals surface area contributed by atoms with Crippen LogP contribution in [0.1, 0.15) is 10.4 Å². The van der Waals surface area contributed by atoms with Gasteiger partial charge in [0.1, 0.15) is 0 Å². The number of aromatic nitrogens is 1. The van der Waals surface area contributed by atoms with Crippen molar-refractivity contribution < 1.29 is 0 Å². The van der Waals surface area contributed by atoms with E-state index >= 15 is 0 Å². The smallest absolute Gasteiger partial charge is 0.0794 e. The molecular formula is C13H14Cl2N2S. The van der Waals surface area contributed by atoms with Crippen molar-refractivity contribution in [3.8, 4) is 0 Å². The number of nitrogens with zero attached hydrogens (tertiary/aromatic N) is 1. The van der Waals surface area contributed by atoms with Crippen molar-refractivity contribution in [2.24, 2.45) is 0 Å². The van der Waals surface area contributed by atoms with Gasteiger partial charge in [0.15, 0.2) is 0 Å². The topological polar surface area (TPSA) is 24.9 Å². The average Bonchev–Trinajstić information content (AvgIpc) is 2.84. The van der Waals surface area contributed by atoms with Crippen LogP contribution in [0.25, 0.3) is 0 Å². The molecule has 0 saturated heterocycles. The van der Waals surface area contributed by atoms with Crippen LogP contribution in [0, 0.1) is 0 Å². The predicted molar refractivity (Wildman–Crippen MR) is 78.8 cm³/mol. The van der Waals surface area contributed by atoms with E-state index in [9.17, 15) is 0 Å². The van der Waals surface area contributed by atoms with E-state index in [1.54, 1.807) is 17.4 Å². The Labute approximate surface area is 121 Å². The number of hydrogen-bond donors (Lipinski definition) is 1. The first-order valence-corrected chi connectivity index (χ1v) is 7.31. The largest absolute Gasteiger partial charge is 0.316 e. The maximum absolute atomic E-state index is 6.19. The van der Waals surface area contributed by atoms with Gasteiger partial charge < -0.3 is 5.32 Å². The molecule has 0 saturated carbocycles. The standard InChI is InChI=1S/C13H14Cl2N2S/c1-16-11(6-12-7-17-8-18-12)4-9-2-3-10(14)5-13(9)15/h2-3,5,7-8,11,16H,4,6H2,1H3. The Balaban J connectivity index is 2.05. The van der Waals surface area contributed by atoms with Gasteiger partial charge in [-0.05, 0) is 37.6 Å². The van der Waals surface area contributed by atoms with E-state index in [0.29, 0.717) is 11.1 Å². The van der Waals surface area contributed by atoms with E-state index in [4.69, 9.17) is 23.2 Å². The van der Waals surface area contributed by atoms with Gasteiger partial charge in [0.25, 0.3) is 0 Å². The van der Waals surface area contributed by atoms with Crippen molar-refractivity contribution in [2.75, 3.05) is 7.05 Å². The Morgan fingerprint density at radius 1 is 1.33 bits per heavy atom. The monoisotopic (exact) mass is 300 g/mol. The molecule has 0 spiro atoms. The third-order valence-corrected chi connectivity index (χ3v) is 4.21. The van der Waals surface area contributed by atoms with E-state index < -0.39 is 0 Å². The number of rotatable bonds is 5. The number of halogens is 2. The molecule has 0 bridgehead atoms. The molecule has 1 unspecified atom stereocenters. The summed E-state index contributed by atoms with van der Waals surface area (Å²) < 4.78 is 0. The fourth-order valence-corrected chi connectivity index (χ4v) is 2.98. The van der Waals surface area contributed by atoms with Gasteiger partial charge in [-0.1, -0.05) is 29.3 Å². The normalized spacial score (nSPS) is 12.6. The van der Waals surface area contributed by atoms with E-state index in [1.807, 2.05) is 30.9 Å². The molecule has 1 aromatic carbocycles. The maximum Gasteiger partial charge on any atom is 0.0794 e. The van der Waals surface area contributed by atoms with Crippen molar-refractivity contribution in [1.29, 1.82) is 0 Å². The summed E-state index contributed by atoms with van der Waals surface area (Å²) in [6, 6.07) is 6.01. The van der Waals surface area contributed by atoms with Crippen molar-refractivity contribution in [2.45, 2.75) is 18.9 Å². The van der Waals surface area contributed by atoms with Crippen LogP contribution < -0.4 is 5.32 Å². The molecule has 1 atom stereocenters. The predicted octanol–water partition coefficient (Wildman–Crippen LogP) is 3.82. The van der Waals surface area contributed by atoms with Crippen molar-refractivity contribution in [3.05, 3.63) is 50.4 Å². The summed E-state index contributed by atoms with van der Waals surface area (Å²) >= 11 is 13.8. The molecule has 0 aliphatic heterocycles. The highest BCUT2D eigenvalue weighted by molar-refractivity contribution is 7.09. The summed E-state index contributed by atoms with van der Waals surface area (Å²) in [4.78, 5) is 5.37. The Morgan fingerprint density at radius 2 is 2.17 bits per heavy atom. The van der Waals surface area contributed by atoms with Crippen LogP contribution in [0.3, 0.4) is 0 Å². The van der Waals surface area contributed by atoms with Crippen LogP contribution in [0.5, 0.6) is 0 Å². The van der Waals surface area contributed by atoms with Crippen LogP contribution in [0.4, 0.5) is 0 Å². The first-order valence-electron chi connectivity index (χ1n) is 5.67. The zero-order valence-electron chi connectivity index (χ0n) is 9.99. The second-order valence-electron chi connectivity index (χ2n) is 4.10. The summed E-state index contributed by atoms with van der Waals surface area (Å²) in [5.74, 6) is 0. The van der Waals surface area contributed by atoms with E-state index in [2.05, 4.69) is 10.3 Å². The Hall–Kier alpha value is -0.610. The molecule has 2 rings (SSSR count). The summed E-state index contributed by atoms with van der Waals surface area (Å²) in [6.45, 7) is 0. The number of benzene rings is 1. The van der Waals surface area contributed by atoms with Crippen molar-refractivity contribution >= 4 is 34.5 Å². The van der Waals surface area contributed by atoms with Crippen LogP contribution >= 0.6 is 34.5 Å². The van der Waals surface area contributed by atoms with Crippen LogP contribution in [0.2, 0.25) is 10.0 Å². The lowest BCUT2D eigenvalue weighted by molar-refractivity contribution is 0.560. The Kier molecular flexibility index (Phi) is 5.01. The zero-order chi connectivity index (χ0) is 13.0. The molecule has 1 aromatic heterocycles. The Bertz CT molecular complexity index is 500. The first-order chi connectivity index (χ1) is 8.69. The molecule has 96 valence electrons. The molecule has 0 aliphatic rings. The molecule has 1 N–H and O–H groups in total. The maximum atomic E-state index is 6.19. The van der Waals surface area contributed by atoms with E-state index in [1.165, 1.54) is 4.88 Å². The SMILES string of the molecule is CNC(Cc1cncs1)Cc1ccc(Cl)cc1Cl. The summed E-state index contributed by atoms with van der Waals surface area (Å²) in [6.07, 6.45) is 3.75. The Morgan fingerprint density at radius 3 is 2.78 bits per heavy atom. The zero-order valence-corrected chi connectivity index (χ0v) is 12.3. The van der Waals surface area contributed by atoms with E-state index in [0.717, 1.165) is 23.4 Å². The fraction of sp³-hybridized carbons (Fsp3) is 0.308. The molecule has 18 heavy (non-hydrogen) atoms. The highest BCUT2D eigenvalue weighted by Gasteiger charge is 2.11. The quantitative estimate of drug-likeness (QED) is 0.908. The molecule has 0 radical (unpaired) electrons. The molecular weight excluding hydrogens is 287 g/mol. The lowest BCUT2D eigenvalue weighted by atomic mass is 10.0. The molecule has 0 amide bonds. The van der Waals surface area contributed by atoms with Gasteiger partial charge in [-0.25, -0.2) is 0 Å². The number of nitrogens with one attached hydrogen (secondary N) is 1. The van der Waals surface area contributed by atoms with Crippen molar-refractivity contribution in [3.63, 3.8) is 0 Å². The molecule has 2 nitrogen and oxygen atoms in total. The van der Waals surface area contributed by atoms with E-state index in [-0.39, 0.29) is 0 Å². The second-order valence-corrected chi connectivity index (χ2v) is 5.91. The van der Waals surface area contributed by atoms with Gasteiger partial charge in [-0.2, -0.15) is 0 Å². The molecule has 5 heteroatoms. The summed E-state index contributed by atoms with van der Waals surface area (Å²) in [5, 5.41) is 4.72.